The van der Waals surface area contributed by atoms with Crippen molar-refractivity contribution in [1.82, 2.24) is 5.32 Å². The summed E-state index contributed by atoms with van der Waals surface area (Å²) in [6, 6.07) is 15.0. The molecule has 2 aromatic carbocycles. The van der Waals surface area contributed by atoms with Gasteiger partial charge in [-0.3, -0.25) is 4.79 Å². The Morgan fingerprint density at radius 1 is 1.15 bits per heavy atom. The summed E-state index contributed by atoms with van der Waals surface area (Å²) >= 11 is 0. The lowest BCUT2D eigenvalue weighted by molar-refractivity contribution is 0.0989. The molecule has 1 saturated heterocycles. The second-order valence-electron chi connectivity index (χ2n) is 7.41. The summed E-state index contributed by atoms with van der Waals surface area (Å²) in [5, 5.41) is 3.41. The van der Waals surface area contributed by atoms with E-state index in [9.17, 15) is 4.79 Å². The third-order valence-electron chi connectivity index (χ3n) is 5.77. The number of carbonyl (C=O) groups excluding carboxylic acids is 1. The first-order chi connectivity index (χ1) is 12.7. The molecule has 1 amide bonds. The van der Waals surface area contributed by atoms with Crippen LogP contribution in [0.2, 0.25) is 0 Å². The van der Waals surface area contributed by atoms with Gasteiger partial charge in [-0.1, -0.05) is 18.2 Å². The molecule has 4 nitrogen and oxygen atoms in total. The van der Waals surface area contributed by atoms with Gasteiger partial charge < -0.3 is 15.1 Å². The second-order valence-corrected chi connectivity index (χ2v) is 7.41. The van der Waals surface area contributed by atoms with Crippen molar-refractivity contribution in [1.29, 1.82) is 0 Å². The highest BCUT2D eigenvalue weighted by Crippen LogP contribution is 2.33. The van der Waals surface area contributed by atoms with Gasteiger partial charge in [-0.05, 0) is 68.6 Å². The van der Waals surface area contributed by atoms with Crippen LogP contribution in [-0.2, 0) is 6.42 Å². The van der Waals surface area contributed by atoms with Crippen molar-refractivity contribution < 1.29 is 4.79 Å². The van der Waals surface area contributed by atoms with Crippen LogP contribution in [0.15, 0.2) is 42.5 Å². The van der Waals surface area contributed by atoms with Gasteiger partial charge in [0.05, 0.1) is 0 Å². The zero-order chi connectivity index (χ0) is 18.1. The number of nitrogens with zero attached hydrogens (tertiary/aromatic N) is 2. The SMILES string of the molecule is CNC1CCCN(c2ccc3c(c2)CCN3C(=O)c2ccccc2C)C1. The van der Waals surface area contributed by atoms with Gasteiger partial charge in [0, 0.05) is 42.6 Å². The molecular weight excluding hydrogens is 322 g/mol. The van der Waals surface area contributed by atoms with Crippen molar-refractivity contribution in [3.05, 3.63) is 59.2 Å². The van der Waals surface area contributed by atoms with Crippen molar-refractivity contribution in [2.45, 2.75) is 32.2 Å². The van der Waals surface area contributed by atoms with Gasteiger partial charge >= 0.3 is 0 Å². The van der Waals surface area contributed by atoms with E-state index in [1.165, 1.54) is 24.1 Å². The fraction of sp³-hybridized carbons (Fsp3) is 0.409. The number of likely N-dealkylation sites (N-methyl/N-ethyl adjacent to an activating group) is 1. The topological polar surface area (TPSA) is 35.6 Å². The quantitative estimate of drug-likeness (QED) is 0.923. The Balaban J connectivity index is 1.57. The molecule has 0 aliphatic carbocycles. The molecule has 26 heavy (non-hydrogen) atoms. The van der Waals surface area contributed by atoms with Gasteiger partial charge in [-0.15, -0.1) is 0 Å². The van der Waals surface area contributed by atoms with Crippen LogP contribution >= 0.6 is 0 Å². The molecule has 2 aliphatic rings. The van der Waals surface area contributed by atoms with E-state index in [0.29, 0.717) is 6.04 Å². The number of benzene rings is 2. The largest absolute Gasteiger partial charge is 0.370 e. The van der Waals surface area contributed by atoms with Gasteiger partial charge in [0.1, 0.15) is 0 Å². The lowest BCUT2D eigenvalue weighted by Gasteiger charge is -2.34. The van der Waals surface area contributed by atoms with E-state index in [1.54, 1.807) is 0 Å². The molecule has 1 fully saturated rings. The maximum Gasteiger partial charge on any atom is 0.258 e. The highest BCUT2D eigenvalue weighted by molar-refractivity contribution is 6.08. The summed E-state index contributed by atoms with van der Waals surface area (Å²) in [6.07, 6.45) is 3.40. The standard InChI is InChI=1S/C22H27N3O/c1-16-6-3-4-8-20(16)22(26)25-13-11-17-14-19(9-10-21(17)25)24-12-5-7-18(15-24)23-2/h3-4,6,8-10,14,18,23H,5,7,11-13,15H2,1-2H3. The number of fused-ring (bicyclic) bond motifs is 1. The van der Waals surface area contributed by atoms with E-state index < -0.39 is 0 Å². The molecule has 136 valence electrons. The number of nitrogens with one attached hydrogen (secondary N) is 1. The maximum absolute atomic E-state index is 13.0. The van der Waals surface area contributed by atoms with Gasteiger partial charge in [0.2, 0.25) is 0 Å². The van der Waals surface area contributed by atoms with Crippen molar-refractivity contribution in [2.75, 3.05) is 36.5 Å². The number of anilines is 2. The monoisotopic (exact) mass is 349 g/mol. The van der Waals surface area contributed by atoms with Crippen LogP contribution in [0.4, 0.5) is 11.4 Å². The minimum absolute atomic E-state index is 0.114. The first-order valence-electron chi connectivity index (χ1n) is 9.60. The summed E-state index contributed by atoms with van der Waals surface area (Å²) in [4.78, 5) is 17.4. The number of aryl methyl sites for hydroxylation is 1. The van der Waals surface area contributed by atoms with Crippen molar-refractivity contribution >= 4 is 17.3 Å². The summed E-state index contributed by atoms with van der Waals surface area (Å²) < 4.78 is 0. The zero-order valence-corrected chi connectivity index (χ0v) is 15.7. The summed E-state index contributed by atoms with van der Waals surface area (Å²) in [5.74, 6) is 0.114. The number of amides is 1. The Hall–Kier alpha value is -2.33. The van der Waals surface area contributed by atoms with Crippen LogP contribution in [-0.4, -0.2) is 38.6 Å². The number of piperidine rings is 1. The Bertz CT molecular complexity index is 817. The predicted molar refractivity (Wildman–Crippen MR) is 107 cm³/mol. The maximum atomic E-state index is 13.0. The van der Waals surface area contributed by atoms with Gasteiger partial charge in [-0.2, -0.15) is 0 Å². The van der Waals surface area contributed by atoms with Crippen LogP contribution < -0.4 is 15.1 Å². The summed E-state index contributed by atoms with van der Waals surface area (Å²) in [7, 11) is 2.05. The Morgan fingerprint density at radius 2 is 2.00 bits per heavy atom. The Kier molecular flexibility index (Phi) is 4.68. The molecular formula is C22H27N3O. The van der Waals surface area contributed by atoms with Crippen molar-refractivity contribution in [3.63, 3.8) is 0 Å². The van der Waals surface area contributed by atoms with E-state index >= 15 is 0 Å². The van der Waals surface area contributed by atoms with Gasteiger partial charge in [0.15, 0.2) is 0 Å². The molecule has 1 N–H and O–H groups in total. The molecule has 2 aliphatic heterocycles. The lowest BCUT2D eigenvalue weighted by Crippen LogP contribution is -2.44. The number of hydrogen-bond acceptors (Lipinski definition) is 3. The average Bonchev–Trinajstić information content (AvgIpc) is 3.11. The summed E-state index contributed by atoms with van der Waals surface area (Å²) in [5.41, 5.74) is 5.49. The van der Waals surface area contributed by atoms with Crippen molar-refractivity contribution in [3.8, 4) is 0 Å². The van der Waals surface area contributed by atoms with Crippen LogP contribution in [0.3, 0.4) is 0 Å². The summed E-state index contributed by atoms with van der Waals surface area (Å²) in [6.45, 7) is 4.94. The number of carbonyl (C=O) groups is 1. The number of rotatable bonds is 3. The lowest BCUT2D eigenvalue weighted by atomic mass is 10.0. The fourth-order valence-electron chi connectivity index (χ4n) is 4.20. The van der Waals surface area contributed by atoms with Crippen LogP contribution in [0, 0.1) is 6.92 Å². The van der Waals surface area contributed by atoms with E-state index in [1.807, 2.05) is 43.1 Å². The molecule has 0 spiro atoms. The molecule has 0 bridgehead atoms. The highest BCUT2D eigenvalue weighted by atomic mass is 16.2. The third kappa shape index (κ3) is 3.10. The van der Waals surface area contributed by atoms with Gasteiger partial charge in [-0.25, -0.2) is 0 Å². The molecule has 0 radical (unpaired) electrons. The first kappa shape index (κ1) is 17.1. The minimum Gasteiger partial charge on any atom is -0.370 e. The van der Waals surface area contributed by atoms with E-state index in [2.05, 4.69) is 28.4 Å². The smallest absolute Gasteiger partial charge is 0.258 e. The van der Waals surface area contributed by atoms with Crippen LogP contribution in [0.1, 0.15) is 34.3 Å². The van der Waals surface area contributed by atoms with E-state index in [0.717, 1.165) is 42.9 Å². The normalized spacial score (nSPS) is 19.5. The van der Waals surface area contributed by atoms with Gasteiger partial charge in [0.25, 0.3) is 5.91 Å². The van der Waals surface area contributed by atoms with E-state index in [4.69, 9.17) is 0 Å². The molecule has 1 unspecified atom stereocenters. The first-order valence-corrected chi connectivity index (χ1v) is 9.60. The van der Waals surface area contributed by atoms with Crippen molar-refractivity contribution in [2.24, 2.45) is 0 Å². The van der Waals surface area contributed by atoms with Crippen LogP contribution in [0.5, 0.6) is 0 Å². The van der Waals surface area contributed by atoms with Crippen LogP contribution in [0.25, 0.3) is 0 Å². The number of hydrogen-bond donors (Lipinski definition) is 1. The third-order valence-corrected chi connectivity index (χ3v) is 5.77. The zero-order valence-electron chi connectivity index (χ0n) is 15.7. The fourth-order valence-corrected chi connectivity index (χ4v) is 4.20. The highest BCUT2D eigenvalue weighted by Gasteiger charge is 2.27. The molecule has 0 saturated carbocycles. The Labute approximate surface area is 155 Å². The van der Waals surface area contributed by atoms with E-state index in [-0.39, 0.29) is 5.91 Å². The molecule has 4 rings (SSSR count). The minimum atomic E-state index is 0.114. The molecule has 4 heteroatoms. The molecule has 2 aromatic rings. The molecule has 2 heterocycles. The molecule has 0 aromatic heterocycles. The predicted octanol–water partition coefficient (Wildman–Crippen LogP) is 3.39. The second kappa shape index (κ2) is 7.12. The average molecular weight is 349 g/mol. The molecule has 1 atom stereocenters. The Morgan fingerprint density at radius 3 is 2.81 bits per heavy atom.